The Bertz CT molecular complexity index is 1210. The van der Waals surface area contributed by atoms with Gasteiger partial charge in [0.05, 0.1) is 11.9 Å². The minimum atomic E-state index is -0.715. The largest absolute Gasteiger partial charge is 0.353 e. The van der Waals surface area contributed by atoms with Crippen LogP contribution in [0.1, 0.15) is 71.4 Å². The van der Waals surface area contributed by atoms with Gasteiger partial charge in [0.1, 0.15) is 6.23 Å². The van der Waals surface area contributed by atoms with Crippen molar-refractivity contribution in [2.24, 2.45) is 23.2 Å². The van der Waals surface area contributed by atoms with E-state index < -0.39 is 6.08 Å². The Labute approximate surface area is 216 Å². The lowest BCUT2D eigenvalue weighted by Gasteiger charge is -2.62. The van der Waals surface area contributed by atoms with Crippen molar-refractivity contribution < 1.29 is 13.9 Å². The minimum absolute atomic E-state index is 0.185. The lowest BCUT2D eigenvalue weighted by Crippen LogP contribution is -2.63. The number of nitrogens with one attached hydrogen (secondary N) is 2. The summed E-state index contributed by atoms with van der Waals surface area (Å²) < 4.78 is 23.5. The molecule has 0 bridgehead atoms. The highest BCUT2D eigenvalue weighted by atomic mass is 19.1. The van der Waals surface area contributed by atoms with Crippen LogP contribution in [0.5, 0.6) is 0 Å². The summed E-state index contributed by atoms with van der Waals surface area (Å²) in [5.41, 5.74) is 1.13. The van der Waals surface area contributed by atoms with Crippen molar-refractivity contribution in [1.29, 1.82) is 0 Å². The Kier molecular flexibility index (Phi) is 5.52. The maximum Gasteiger partial charge on any atom is 0.312 e. The van der Waals surface area contributed by atoms with Gasteiger partial charge in [-0.2, -0.15) is 14.4 Å². The van der Waals surface area contributed by atoms with Crippen LogP contribution >= 0.6 is 0 Å². The Morgan fingerprint density at radius 1 is 1.05 bits per heavy atom. The zero-order chi connectivity index (χ0) is 25.4. The first-order valence-electron chi connectivity index (χ1n) is 14.2. The summed E-state index contributed by atoms with van der Waals surface area (Å²) >= 11 is 0. The summed E-state index contributed by atoms with van der Waals surface area (Å²) in [6.07, 6.45) is 8.78. The molecule has 1 amide bonds. The van der Waals surface area contributed by atoms with Crippen LogP contribution in [0, 0.1) is 29.2 Å². The van der Waals surface area contributed by atoms with Gasteiger partial charge in [-0.05, 0) is 75.0 Å². The molecule has 3 saturated heterocycles. The molecule has 5 aliphatic rings. The van der Waals surface area contributed by atoms with Gasteiger partial charge in [-0.15, -0.1) is 0 Å². The van der Waals surface area contributed by atoms with Crippen molar-refractivity contribution in [2.45, 2.75) is 83.1 Å². The van der Waals surface area contributed by atoms with Gasteiger partial charge in [-0.25, -0.2) is 4.98 Å². The molecule has 2 saturated carbocycles. The van der Waals surface area contributed by atoms with E-state index in [2.05, 4.69) is 44.3 Å². The number of carbonyl (C=O) groups excluding carboxylic acids is 1. The molecule has 3 aliphatic heterocycles. The summed E-state index contributed by atoms with van der Waals surface area (Å²) in [4.78, 5) is 27.2. The topological polar surface area (TPSA) is 97.2 Å². The number of amides is 1. The minimum Gasteiger partial charge on any atom is -0.353 e. The van der Waals surface area contributed by atoms with Crippen LogP contribution in [-0.4, -0.2) is 63.2 Å². The second kappa shape index (κ2) is 8.59. The molecule has 2 N–H and O–H groups in total. The van der Waals surface area contributed by atoms with Gasteiger partial charge >= 0.3 is 6.08 Å². The molecule has 5 heterocycles. The molecule has 2 aromatic rings. The number of aromatic nitrogens is 4. The number of imidazole rings is 1. The third-order valence-electron chi connectivity index (χ3n) is 10.7. The normalized spacial score (nSPS) is 40.0. The molecule has 0 aromatic carbocycles. The van der Waals surface area contributed by atoms with Gasteiger partial charge in [0, 0.05) is 38.6 Å². The van der Waals surface area contributed by atoms with Crippen LogP contribution in [-0.2, 0) is 9.53 Å². The van der Waals surface area contributed by atoms with Crippen LogP contribution in [0.25, 0.3) is 11.2 Å². The number of piperidine rings is 1. The first kappa shape index (κ1) is 23.8. The number of nitrogens with zero attached hydrogens (tertiary/aromatic N) is 5. The standard InChI is InChI=1S/C27H38FN7O2/c1-26-9-8-20(36)31-19(26)5-3-16-17(26)7-10-27(2)18(16)4-6-21(37-27)35-15-30-22-23(32-25(28)33-24(22)35)34-13-11-29-12-14-34/h15-19,21,29H,3-14H2,1-2H3,(H,31,36)/t16-,17+,18+,19-,21+,26-,27+/m1/s1. The quantitative estimate of drug-likeness (QED) is 0.598. The molecule has 200 valence electrons. The van der Waals surface area contributed by atoms with E-state index in [1.807, 2.05) is 4.57 Å². The first-order valence-corrected chi connectivity index (χ1v) is 14.2. The predicted octanol–water partition coefficient (Wildman–Crippen LogP) is 3.16. The van der Waals surface area contributed by atoms with Crippen LogP contribution < -0.4 is 15.5 Å². The van der Waals surface area contributed by atoms with Gasteiger partial charge < -0.3 is 20.3 Å². The number of carbonyl (C=O) groups is 1. The molecular weight excluding hydrogens is 473 g/mol. The predicted molar refractivity (Wildman–Crippen MR) is 136 cm³/mol. The number of anilines is 1. The smallest absolute Gasteiger partial charge is 0.312 e. The fourth-order valence-corrected chi connectivity index (χ4v) is 8.73. The van der Waals surface area contributed by atoms with E-state index in [1.54, 1.807) is 6.33 Å². The average Bonchev–Trinajstić information content (AvgIpc) is 3.32. The molecule has 10 heteroatoms. The third kappa shape index (κ3) is 3.69. The molecule has 2 aromatic heterocycles. The van der Waals surface area contributed by atoms with Gasteiger partial charge in [0.2, 0.25) is 5.91 Å². The van der Waals surface area contributed by atoms with E-state index in [1.165, 1.54) is 0 Å². The van der Waals surface area contributed by atoms with Crippen molar-refractivity contribution in [1.82, 2.24) is 30.2 Å². The van der Waals surface area contributed by atoms with Gasteiger partial charge in [0.25, 0.3) is 0 Å². The highest BCUT2D eigenvalue weighted by Crippen LogP contribution is 2.61. The summed E-state index contributed by atoms with van der Waals surface area (Å²) in [6, 6.07) is 0.313. The number of rotatable bonds is 2. The van der Waals surface area contributed by atoms with Crippen LogP contribution in [0.15, 0.2) is 6.33 Å². The molecular formula is C27H38FN7O2. The van der Waals surface area contributed by atoms with Gasteiger partial charge in [-0.3, -0.25) is 9.36 Å². The molecule has 0 radical (unpaired) electrons. The SMILES string of the molecule is C[C@]12CCC(=O)N[C@@H]1CC[C@@H]1[C@@H]2CC[C@]2(C)O[C@H](n3cnc4c(N5CCNCC5)nc(F)nc43)CC[C@@H]12. The molecule has 5 fully saturated rings. The van der Waals surface area contributed by atoms with Crippen molar-refractivity contribution in [3.63, 3.8) is 0 Å². The maximum absolute atomic E-state index is 14.6. The Balaban J connectivity index is 1.15. The van der Waals surface area contributed by atoms with Crippen LogP contribution in [0.3, 0.4) is 0 Å². The van der Waals surface area contributed by atoms with Gasteiger partial charge in [-0.1, -0.05) is 6.92 Å². The molecule has 2 aliphatic carbocycles. The zero-order valence-corrected chi connectivity index (χ0v) is 21.9. The fourth-order valence-electron chi connectivity index (χ4n) is 8.73. The van der Waals surface area contributed by atoms with Crippen molar-refractivity contribution in [3.8, 4) is 0 Å². The summed E-state index contributed by atoms with van der Waals surface area (Å²) in [6.45, 7) is 7.93. The summed E-state index contributed by atoms with van der Waals surface area (Å²) in [5.74, 6) is 2.54. The lowest BCUT2D eigenvalue weighted by atomic mass is 9.48. The fraction of sp³-hybridized carbons (Fsp3) is 0.778. The van der Waals surface area contributed by atoms with E-state index in [0.29, 0.717) is 47.2 Å². The van der Waals surface area contributed by atoms with Crippen LogP contribution in [0.4, 0.5) is 10.2 Å². The summed E-state index contributed by atoms with van der Waals surface area (Å²) in [5, 5.41) is 6.65. The zero-order valence-electron chi connectivity index (χ0n) is 21.9. The van der Waals surface area contributed by atoms with Crippen LogP contribution in [0.2, 0.25) is 0 Å². The van der Waals surface area contributed by atoms with E-state index in [4.69, 9.17) is 4.74 Å². The highest BCUT2D eigenvalue weighted by molar-refractivity contribution is 5.83. The summed E-state index contributed by atoms with van der Waals surface area (Å²) in [7, 11) is 0. The monoisotopic (exact) mass is 511 g/mol. The van der Waals surface area contributed by atoms with Gasteiger partial charge in [0.15, 0.2) is 17.0 Å². The Morgan fingerprint density at radius 2 is 1.89 bits per heavy atom. The molecule has 7 rings (SSSR count). The third-order valence-corrected chi connectivity index (χ3v) is 10.7. The van der Waals surface area contributed by atoms with E-state index in [-0.39, 0.29) is 23.2 Å². The lowest BCUT2D eigenvalue weighted by molar-refractivity contribution is -0.231. The van der Waals surface area contributed by atoms with Crippen molar-refractivity contribution in [3.05, 3.63) is 12.4 Å². The number of hydrogen-bond acceptors (Lipinski definition) is 7. The molecule has 37 heavy (non-hydrogen) atoms. The molecule has 9 nitrogen and oxygen atoms in total. The molecule has 0 spiro atoms. The second-order valence-corrected chi connectivity index (χ2v) is 12.5. The molecule has 7 atom stereocenters. The Morgan fingerprint density at radius 3 is 2.73 bits per heavy atom. The number of fused-ring (bicyclic) bond motifs is 6. The maximum atomic E-state index is 14.6. The number of halogens is 1. The number of ether oxygens (including phenoxy) is 1. The average molecular weight is 512 g/mol. The highest BCUT2D eigenvalue weighted by Gasteiger charge is 2.59. The van der Waals surface area contributed by atoms with E-state index in [9.17, 15) is 9.18 Å². The number of piperazine rings is 1. The Hall–Kier alpha value is -2.33. The molecule has 0 unspecified atom stereocenters. The number of hydrogen-bond donors (Lipinski definition) is 2. The second-order valence-electron chi connectivity index (χ2n) is 12.5. The van der Waals surface area contributed by atoms with Crippen molar-refractivity contribution >= 4 is 22.9 Å². The van der Waals surface area contributed by atoms with Crippen molar-refractivity contribution in [2.75, 3.05) is 31.1 Å². The first-order chi connectivity index (χ1) is 17.9. The van der Waals surface area contributed by atoms with E-state index in [0.717, 1.165) is 71.1 Å². The van der Waals surface area contributed by atoms with E-state index >= 15 is 0 Å².